The molecule has 0 saturated heterocycles. The van der Waals surface area contributed by atoms with Gasteiger partial charge in [0.15, 0.2) is 0 Å². The Balaban J connectivity index is 2.34. The van der Waals surface area contributed by atoms with E-state index in [9.17, 15) is 0 Å². The molecule has 1 radical (unpaired) electrons. The molecule has 0 fully saturated rings. The maximum absolute atomic E-state index is 2.27. The number of benzene rings is 2. The van der Waals surface area contributed by atoms with Crippen molar-refractivity contribution in [2.75, 3.05) is 20.6 Å². The minimum atomic E-state index is 0.980. The van der Waals surface area contributed by atoms with Crippen molar-refractivity contribution in [1.82, 2.24) is 4.90 Å². The fraction of sp³-hybridized carbons (Fsp3) is 0.214. The van der Waals surface area contributed by atoms with Crippen molar-refractivity contribution in [2.45, 2.75) is 0 Å². The summed E-state index contributed by atoms with van der Waals surface area (Å²) in [6.45, 7) is 0.980. The van der Waals surface area contributed by atoms with E-state index in [-0.39, 0.29) is 0 Å². The molecule has 1 nitrogen and oxygen atoms in total. The Labute approximate surface area is 91.3 Å². The number of rotatable bonds is 3. The monoisotopic (exact) mass is 198 g/mol. The Morgan fingerprint density at radius 2 is 1.73 bits per heavy atom. The predicted molar refractivity (Wildman–Crippen MR) is 65.9 cm³/mol. The van der Waals surface area contributed by atoms with Gasteiger partial charge in [-0.3, -0.25) is 0 Å². The van der Waals surface area contributed by atoms with Gasteiger partial charge in [-0.2, -0.15) is 0 Å². The highest BCUT2D eigenvalue weighted by molar-refractivity contribution is 5.86. The average molecular weight is 198 g/mol. The fourth-order valence-electron chi connectivity index (χ4n) is 1.71. The van der Waals surface area contributed by atoms with Crippen LogP contribution in [0.3, 0.4) is 0 Å². The molecule has 0 aliphatic rings. The van der Waals surface area contributed by atoms with Crippen LogP contribution in [0.1, 0.15) is 5.56 Å². The highest BCUT2D eigenvalue weighted by Gasteiger charge is 2.00. The summed E-state index contributed by atoms with van der Waals surface area (Å²) < 4.78 is 0. The molecule has 0 amide bonds. The van der Waals surface area contributed by atoms with Crippen LogP contribution in [0.15, 0.2) is 42.5 Å². The van der Waals surface area contributed by atoms with Gasteiger partial charge in [-0.25, -0.2) is 0 Å². The van der Waals surface area contributed by atoms with E-state index in [4.69, 9.17) is 0 Å². The Morgan fingerprint density at radius 3 is 2.53 bits per heavy atom. The topological polar surface area (TPSA) is 3.24 Å². The van der Waals surface area contributed by atoms with E-state index in [2.05, 4.69) is 67.9 Å². The van der Waals surface area contributed by atoms with E-state index in [1.807, 2.05) is 0 Å². The minimum absolute atomic E-state index is 0.980. The molecule has 2 aromatic rings. The summed E-state index contributed by atoms with van der Waals surface area (Å²) in [4.78, 5) is 2.17. The van der Waals surface area contributed by atoms with Gasteiger partial charge < -0.3 is 4.90 Å². The van der Waals surface area contributed by atoms with Gasteiger partial charge in [-0.05, 0) is 30.4 Å². The summed E-state index contributed by atoms with van der Waals surface area (Å²) in [6.07, 6.45) is 2.27. The van der Waals surface area contributed by atoms with Crippen LogP contribution in [0.2, 0.25) is 0 Å². The standard InChI is InChI=1S/C14H16N/c1-15(2)11-10-13-8-5-7-12-6-3-4-9-14(12)13/h3-10H,11H2,1-2H3. The van der Waals surface area contributed by atoms with Crippen LogP contribution < -0.4 is 0 Å². The summed E-state index contributed by atoms with van der Waals surface area (Å²) in [5, 5.41) is 2.65. The Morgan fingerprint density at radius 1 is 1.00 bits per heavy atom. The molecule has 15 heavy (non-hydrogen) atoms. The largest absolute Gasteiger partial charge is 0.309 e. The first-order valence-electron chi connectivity index (χ1n) is 5.23. The van der Waals surface area contributed by atoms with Crippen molar-refractivity contribution in [3.63, 3.8) is 0 Å². The zero-order valence-corrected chi connectivity index (χ0v) is 9.27. The molecule has 2 aromatic carbocycles. The van der Waals surface area contributed by atoms with E-state index in [1.54, 1.807) is 0 Å². The molecule has 2 rings (SSSR count). The smallest absolute Gasteiger partial charge is 0.00531 e. The molecule has 1 heteroatoms. The zero-order chi connectivity index (χ0) is 10.7. The maximum Gasteiger partial charge on any atom is 0.00531 e. The zero-order valence-electron chi connectivity index (χ0n) is 9.27. The first kappa shape index (κ1) is 10.2. The fourth-order valence-corrected chi connectivity index (χ4v) is 1.71. The maximum atomic E-state index is 2.27. The molecule has 0 saturated carbocycles. The second-order valence-electron chi connectivity index (χ2n) is 4.03. The Kier molecular flexibility index (Phi) is 3.02. The number of nitrogens with zero attached hydrogens (tertiary/aromatic N) is 1. The van der Waals surface area contributed by atoms with Gasteiger partial charge >= 0.3 is 0 Å². The molecule has 0 aliphatic heterocycles. The summed E-state index contributed by atoms with van der Waals surface area (Å²) in [7, 11) is 4.17. The third-order valence-electron chi connectivity index (χ3n) is 2.50. The molecule has 77 valence electrons. The van der Waals surface area contributed by atoms with Crippen LogP contribution in [0.25, 0.3) is 10.8 Å². The number of fused-ring (bicyclic) bond motifs is 1. The van der Waals surface area contributed by atoms with Crippen molar-refractivity contribution in [3.05, 3.63) is 54.4 Å². The van der Waals surface area contributed by atoms with Crippen molar-refractivity contribution in [3.8, 4) is 0 Å². The van der Waals surface area contributed by atoms with E-state index in [0.717, 1.165) is 6.54 Å². The third-order valence-corrected chi connectivity index (χ3v) is 2.50. The van der Waals surface area contributed by atoms with Crippen LogP contribution in [0.5, 0.6) is 0 Å². The number of hydrogen-bond donors (Lipinski definition) is 0. The van der Waals surface area contributed by atoms with Crippen molar-refractivity contribution in [2.24, 2.45) is 0 Å². The Bertz CT molecular complexity index is 441. The van der Waals surface area contributed by atoms with E-state index in [1.165, 1.54) is 16.3 Å². The summed E-state index contributed by atoms with van der Waals surface area (Å²) in [5.74, 6) is 0. The van der Waals surface area contributed by atoms with E-state index >= 15 is 0 Å². The van der Waals surface area contributed by atoms with Gasteiger partial charge in [-0.15, -0.1) is 0 Å². The van der Waals surface area contributed by atoms with Crippen LogP contribution >= 0.6 is 0 Å². The second kappa shape index (κ2) is 4.45. The predicted octanol–water partition coefficient (Wildman–Crippen LogP) is 2.95. The van der Waals surface area contributed by atoms with Crippen molar-refractivity contribution in [1.29, 1.82) is 0 Å². The quantitative estimate of drug-likeness (QED) is 0.733. The summed E-state index contributed by atoms with van der Waals surface area (Å²) in [5.41, 5.74) is 1.32. The number of hydrogen-bond acceptors (Lipinski definition) is 1. The lowest BCUT2D eigenvalue weighted by molar-refractivity contribution is 0.446. The van der Waals surface area contributed by atoms with E-state index < -0.39 is 0 Å². The molecule has 0 N–H and O–H groups in total. The number of likely N-dealkylation sites (N-methyl/N-ethyl adjacent to an activating group) is 1. The Hall–Kier alpha value is -1.34. The van der Waals surface area contributed by atoms with Crippen molar-refractivity contribution < 1.29 is 0 Å². The van der Waals surface area contributed by atoms with Crippen LogP contribution in [0.4, 0.5) is 0 Å². The highest BCUT2D eigenvalue weighted by Crippen LogP contribution is 2.19. The molecule has 0 heterocycles. The molecule has 0 spiro atoms. The second-order valence-corrected chi connectivity index (χ2v) is 4.03. The van der Waals surface area contributed by atoms with Gasteiger partial charge in [0.05, 0.1) is 0 Å². The first-order valence-corrected chi connectivity index (χ1v) is 5.23. The first-order chi connectivity index (χ1) is 7.27. The molecule has 0 unspecified atom stereocenters. The average Bonchev–Trinajstić information content (AvgIpc) is 2.26. The van der Waals surface area contributed by atoms with Crippen LogP contribution in [-0.4, -0.2) is 25.5 Å². The molecule has 0 aliphatic carbocycles. The van der Waals surface area contributed by atoms with Gasteiger partial charge in [-0.1, -0.05) is 42.5 Å². The van der Waals surface area contributed by atoms with Crippen molar-refractivity contribution >= 4 is 10.8 Å². The third kappa shape index (κ3) is 2.37. The summed E-state index contributed by atoms with van der Waals surface area (Å²) in [6, 6.07) is 14.9. The highest BCUT2D eigenvalue weighted by atomic mass is 15.0. The normalized spacial score (nSPS) is 11.1. The van der Waals surface area contributed by atoms with Crippen LogP contribution in [0, 0.1) is 6.42 Å². The molecular weight excluding hydrogens is 182 g/mol. The lowest BCUT2D eigenvalue weighted by atomic mass is 10.0. The summed E-state index contributed by atoms with van der Waals surface area (Å²) >= 11 is 0. The lowest BCUT2D eigenvalue weighted by Crippen LogP contribution is -2.13. The van der Waals surface area contributed by atoms with E-state index in [0.29, 0.717) is 0 Å². The van der Waals surface area contributed by atoms with Gasteiger partial charge in [0.1, 0.15) is 0 Å². The van der Waals surface area contributed by atoms with Gasteiger partial charge in [0.25, 0.3) is 0 Å². The lowest BCUT2D eigenvalue weighted by Gasteiger charge is -2.10. The molecular formula is C14H16N. The SMILES string of the molecule is CN(C)C[CH]c1cccc2ccccc12. The molecule has 0 atom stereocenters. The molecule has 0 bridgehead atoms. The van der Waals surface area contributed by atoms with Gasteiger partial charge in [0.2, 0.25) is 0 Å². The van der Waals surface area contributed by atoms with Gasteiger partial charge in [0, 0.05) is 13.0 Å². The molecule has 0 aromatic heterocycles. The minimum Gasteiger partial charge on any atom is -0.309 e. The van der Waals surface area contributed by atoms with Crippen LogP contribution in [-0.2, 0) is 0 Å².